The second-order valence-corrected chi connectivity index (χ2v) is 8.40. The molecule has 1 aromatic heterocycles. The molecule has 1 nitrogen and oxygen atoms in total. The van der Waals surface area contributed by atoms with Crippen LogP contribution >= 0.6 is 54.8 Å². The Morgan fingerprint density at radius 2 is 1.95 bits per heavy atom. The number of thiophene rings is 1. The summed E-state index contributed by atoms with van der Waals surface area (Å²) in [7, 11) is 0. The van der Waals surface area contributed by atoms with E-state index in [0.717, 1.165) is 25.6 Å². The average molecular weight is 424 g/mol. The van der Waals surface area contributed by atoms with Gasteiger partial charge in [-0.1, -0.05) is 30.7 Å². The Labute approximate surface area is 139 Å². The molecule has 0 aliphatic rings. The molecule has 0 spiro atoms. The molecule has 0 radical (unpaired) electrons. The Bertz CT molecular complexity index is 539. The molecular formula is C14H14Br2ClNS. The van der Waals surface area contributed by atoms with Crippen molar-refractivity contribution in [2.75, 3.05) is 6.54 Å². The van der Waals surface area contributed by atoms with Gasteiger partial charge in [0, 0.05) is 5.02 Å². The molecule has 102 valence electrons. The lowest BCUT2D eigenvalue weighted by Crippen LogP contribution is -2.23. The van der Waals surface area contributed by atoms with Gasteiger partial charge in [0.25, 0.3) is 0 Å². The highest BCUT2D eigenvalue weighted by atomic mass is 79.9. The topological polar surface area (TPSA) is 12.0 Å². The summed E-state index contributed by atoms with van der Waals surface area (Å²) in [6.45, 7) is 3.15. The van der Waals surface area contributed by atoms with E-state index in [2.05, 4.69) is 62.3 Å². The van der Waals surface area contributed by atoms with E-state index >= 15 is 0 Å². The smallest absolute Gasteiger partial charge is 0.0761 e. The number of rotatable bonds is 5. The third kappa shape index (κ3) is 4.05. The van der Waals surface area contributed by atoms with Gasteiger partial charge in [-0.15, -0.1) is 11.3 Å². The van der Waals surface area contributed by atoms with Gasteiger partial charge in [-0.2, -0.15) is 0 Å². The monoisotopic (exact) mass is 421 g/mol. The average Bonchev–Trinajstić information content (AvgIpc) is 2.71. The molecule has 5 heteroatoms. The van der Waals surface area contributed by atoms with E-state index in [0.29, 0.717) is 0 Å². The van der Waals surface area contributed by atoms with Crippen LogP contribution in [-0.4, -0.2) is 6.54 Å². The van der Waals surface area contributed by atoms with E-state index < -0.39 is 0 Å². The zero-order chi connectivity index (χ0) is 13.8. The van der Waals surface area contributed by atoms with Crippen molar-refractivity contribution in [3.05, 3.63) is 54.1 Å². The van der Waals surface area contributed by atoms with Gasteiger partial charge in [0.05, 0.1) is 13.6 Å². The van der Waals surface area contributed by atoms with E-state index in [1.165, 1.54) is 11.1 Å². The van der Waals surface area contributed by atoms with Crippen LogP contribution in [-0.2, 0) is 0 Å². The largest absolute Gasteiger partial charge is 0.306 e. The first-order valence-corrected chi connectivity index (χ1v) is 8.83. The number of hydrogen-bond acceptors (Lipinski definition) is 2. The second-order valence-electron chi connectivity index (χ2n) is 4.22. The molecule has 0 aliphatic carbocycles. The quantitative estimate of drug-likeness (QED) is 0.620. The van der Waals surface area contributed by atoms with Gasteiger partial charge in [0.15, 0.2) is 0 Å². The molecule has 0 bridgehead atoms. The molecule has 1 aromatic carbocycles. The van der Waals surface area contributed by atoms with Crippen LogP contribution in [0.5, 0.6) is 0 Å². The summed E-state index contributed by atoms with van der Waals surface area (Å²) in [5.41, 5.74) is 2.48. The van der Waals surface area contributed by atoms with E-state index in [9.17, 15) is 0 Å². The van der Waals surface area contributed by atoms with Crippen molar-refractivity contribution in [3.63, 3.8) is 0 Å². The molecule has 2 rings (SSSR count). The molecule has 0 amide bonds. The Morgan fingerprint density at radius 1 is 1.26 bits per heavy atom. The summed E-state index contributed by atoms with van der Waals surface area (Å²) in [5.74, 6) is 0. The molecule has 0 fully saturated rings. The lowest BCUT2D eigenvalue weighted by atomic mass is 10.0. The standard InChI is InChI=1S/C14H14Br2ClNS/c1-2-7-18-13(9-3-5-10(17)6-4-9)11-8-12(15)19-14(11)16/h3-6,8,13,18H,2,7H2,1H3. The van der Waals surface area contributed by atoms with Crippen LogP contribution in [0.15, 0.2) is 37.9 Å². The number of hydrogen-bond donors (Lipinski definition) is 1. The van der Waals surface area contributed by atoms with Crippen molar-refractivity contribution in [1.82, 2.24) is 5.32 Å². The Balaban J connectivity index is 2.35. The summed E-state index contributed by atoms with van der Waals surface area (Å²) in [4.78, 5) is 0. The molecule has 0 saturated carbocycles. The fraction of sp³-hybridized carbons (Fsp3) is 0.286. The molecule has 0 saturated heterocycles. The Morgan fingerprint density at radius 3 is 2.47 bits per heavy atom. The van der Waals surface area contributed by atoms with Crippen molar-refractivity contribution >= 4 is 54.8 Å². The number of nitrogens with one attached hydrogen (secondary N) is 1. The highest BCUT2D eigenvalue weighted by Crippen LogP contribution is 2.38. The molecule has 1 atom stereocenters. The van der Waals surface area contributed by atoms with Gasteiger partial charge >= 0.3 is 0 Å². The van der Waals surface area contributed by atoms with Gasteiger partial charge in [-0.3, -0.25) is 0 Å². The molecule has 2 aromatic rings. The molecular weight excluding hydrogens is 409 g/mol. The molecule has 19 heavy (non-hydrogen) atoms. The maximum atomic E-state index is 5.97. The van der Waals surface area contributed by atoms with E-state index in [1.807, 2.05) is 12.1 Å². The number of benzene rings is 1. The van der Waals surface area contributed by atoms with Crippen LogP contribution in [0.25, 0.3) is 0 Å². The van der Waals surface area contributed by atoms with Crippen molar-refractivity contribution < 1.29 is 0 Å². The first kappa shape index (κ1) is 15.5. The minimum absolute atomic E-state index is 0.189. The molecule has 1 unspecified atom stereocenters. The second kappa shape index (κ2) is 7.23. The van der Waals surface area contributed by atoms with Crippen molar-refractivity contribution in [1.29, 1.82) is 0 Å². The SMILES string of the molecule is CCCNC(c1ccc(Cl)cc1)c1cc(Br)sc1Br. The van der Waals surface area contributed by atoms with Gasteiger partial charge < -0.3 is 5.32 Å². The molecule has 1 heterocycles. The summed E-state index contributed by atoms with van der Waals surface area (Å²) in [6, 6.07) is 10.4. The summed E-state index contributed by atoms with van der Waals surface area (Å²) in [6.07, 6.45) is 1.10. The minimum Gasteiger partial charge on any atom is -0.306 e. The van der Waals surface area contributed by atoms with Crippen LogP contribution in [0.3, 0.4) is 0 Å². The fourth-order valence-electron chi connectivity index (χ4n) is 1.90. The predicted octanol–water partition coefficient (Wildman–Crippen LogP) is 6.02. The molecule has 1 N–H and O–H groups in total. The third-order valence-corrected chi connectivity index (χ3v) is 5.43. The summed E-state index contributed by atoms with van der Waals surface area (Å²) >= 11 is 14.9. The minimum atomic E-state index is 0.189. The van der Waals surface area contributed by atoms with Gasteiger partial charge in [0.2, 0.25) is 0 Å². The van der Waals surface area contributed by atoms with Crippen LogP contribution < -0.4 is 5.32 Å². The third-order valence-electron chi connectivity index (χ3n) is 2.80. The zero-order valence-corrected chi connectivity index (χ0v) is 15.2. The van der Waals surface area contributed by atoms with E-state index in [1.54, 1.807) is 11.3 Å². The van der Waals surface area contributed by atoms with Crippen molar-refractivity contribution in [2.45, 2.75) is 19.4 Å². The van der Waals surface area contributed by atoms with Gasteiger partial charge in [-0.25, -0.2) is 0 Å². The predicted molar refractivity (Wildman–Crippen MR) is 91.3 cm³/mol. The molecule has 0 aliphatic heterocycles. The normalized spacial score (nSPS) is 12.6. The Kier molecular flexibility index (Phi) is 5.90. The number of halogens is 3. The summed E-state index contributed by atoms with van der Waals surface area (Å²) in [5, 5.41) is 4.36. The van der Waals surface area contributed by atoms with Gasteiger partial charge in [0.1, 0.15) is 0 Å². The van der Waals surface area contributed by atoms with Crippen LogP contribution in [0.1, 0.15) is 30.5 Å². The van der Waals surface area contributed by atoms with Gasteiger partial charge in [-0.05, 0) is 74.2 Å². The maximum Gasteiger partial charge on any atom is 0.0761 e. The first-order chi connectivity index (χ1) is 9.11. The van der Waals surface area contributed by atoms with Crippen LogP contribution in [0.2, 0.25) is 5.02 Å². The summed E-state index contributed by atoms with van der Waals surface area (Å²) < 4.78 is 2.29. The van der Waals surface area contributed by atoms with Crippen LogP contribution in [0.4, 0.5) is 0 Å². The van der Waals surface area contributed by atoms with Crippen molar-refractivity contribution in [2.24, 2.45) is 0 Å². The highest BCUT2D eigenvalue weighted by molar-refractivity contribution is 9.12. The maximum absolute atomic E-state index is 5.97. The van der Waals surface area contributed by atoms with E-state index in [-0.39, 0.29) is 6.04 Å². The van der Waals surface area contributed by atoms with Crippen molar-refractivity contribution in [3.8, 4) is 0 Å². The Hall–Kier alpha value is 0.130. The highest BCUT2D eigenvalue weighted by Gasteiger charge is 2.18. The van der Waals surface area contributed by atoms with Crippen LogP contribution in [0, 0.1) is 0 Å². The zero-order valence-electron chi connectivity index (χ0n) is 10.4. The lowest BCUT2D eigenvalue weighted by Gasteiger charge is -2.19. The lowest BCUT2D eigenvalue weighted by molar-refractivity contribution is 0.598. The first-order valence-electron chi connectivity index (χ1n) is 6.05. The van der Waals surface area contributed by atoms with E-state index in [4.69, 9.17) is 11.6 Å². The fourth-order valence-corrected chi connectivity index (χ4v) is 4.93.